The van der Waals surface area contributed by atoms with Gasteiger partial charge in [-0.25, -0.2) is 4.79 Å². The largest absolute Gasteiger partial charge is 0.497 e. The summed E-state index contributed by atoms with van der Waals surface area (Å²) in [5, 5.41) is 15.1. The molecule has 0 aliphatic rings. The number of hydrogen-bond acceptors (Lipinski definition) is 5. The molecule has 2 atom stereocenters. The fourth-order valence-electron chi connectivity index (χ4n) is 2.07. The first-order valence-electron chi connectivity index (χ1n) is 7.75. The molecule has 26 heavy (non-hydrogen) atoms. The van der Waals surface area contributed by atoms with Crippen LogP contribution in [0.3, 0.4) is 0 Å². The van der Waals surface area contributed by atoms with Crippen LogP contribution in [0.25, 0.3) is 0 Å². The van der Waals surface area contributed by atoms with E-state index in [1.165, 1.54) is 21.1 Å². The van der Waals surface area contributed by atoms with Gasteiger partial charge in [0.15, 0.2) is 0 Å². The van der Waals surface area contributed by atoms with Crippen molar-refractivity contribution < 1.29 is 37.3 Å². The molecule has 0 heterocycles. The summed E-state index contributed by atoms with van der Waals surface area (Å²) >= 11 is 0. The molecule has 0 saturated carbocycles. The number of urea groups is 1. The summed E-state index contributed by atoms with van der Waals surface area (Å²) in [5.74, 6) is 0.939. The highest BCUT2D eigenvalue weighted by atomic mass is 19.4. The van der Waals surface area contributed by atoms with Gasteiger partial charge in [-0.05, 0) is 25.1 Å². The molecule has 0 spiro atoms. The van der Waals surface area contributed by atoms with Crippen molar-refractivity contribution in [1.29, 1.82) is 0 Å². The maximum atomic E-state index is 12.0. The minimum atomic E-state index is -4.41. The van der Waals surface area contributed by atoms with E-state index in [1.807, 2.05) is 0 Å². The van der Waals surface area contributed by atoms with E-state index in [4.69, 9.17) is 9.47 Å². The summed E-state index contributed by atoms with van der Waals surface area (Å²) in [6.45, 7) is -0.308. The number of methoxy groups -OCH3 is 2. The highest BCUT2D eigenvalue weighted by Crippen LogP contribution is 2.29. The predicted octanol–water partition coefficient (Wildman–Crippen LogP) is 2.00. The van der Waals surface area contributed by atoms with Gasteiger partial charge in [-0.15, -0.1) is 0 Å². The van der Waals surface area contributed by atoms with E-state index in [0.717, 1.165) is 0 Å². The number of halogens is 3. The first-order chi connectivity index (χ1) is 12.2. The summed E-state index contributed by atoms with van der Waals surface area (Å²) in [4.78, 5) is 11.8. The fraction of sp³-hybridized carbons (Fsp3) is 0.562. The van der Waals surface area contributed by atoms with Gasteiger partial charge in [0.2, 0.25) is 0 Å². The third-order valence-electron chi connectivity index (χ3n) is 3.26. The van der Waals surface area contributed by atoms with Crippen molar-refractivity contribution in [1.82, 2.24) is 10.6 Å². The molecule has 148 valence electrons. The number of hydrogen-bond donors (Lipinski definition) is 3. The topological polar surface area (TPSA) is 89.0 Å². The maximum Gasteiger partial charge on any atom is 0.411 e. The van der Waals surface area contributed by atoms with Gasteiger partial charge in [-0.1, -0.05) is 0 Å². The lowest BCUT2D eigenvalue weighted by Gasteiger charge is -2.18. The zero-order valence-corrected chi connectivity index (χ0v) is 14.7. The highest BCUT2D eigenvalue weighted by molar-refractivity contribution is 5.74. The Morgan fingerprint density at radius 1 is 1.27 bits per heavy atom. The Morgan fingerprint density at radius 2 is 1.96 bits per heavy atom. The van der Waals surface area contributed by atoms with Crippen molar-refractivity contribution in [2.75, 3.05) is 34.0 Å². The van der Waals surface area contributed by atoms with Crippen molar-refractivity contribution >= 4 is 6.03 Å². The smallest absolute Gasteiger partial charge is 0.411 e. The van der Waals surface area contributed by atoms with Crippen LogP contribution in [0, 0.1) is 0 Å². The third-order valence-corrected chi connectivity index (χ3v) is 3.26. The molecule has 0 bridgehead atoms. The number of ether oxygens (including phenoxy) is 3. The Balaban J connectivity index is 2.47. The van der Waals surface area contributed by atoms with Crippen molar-refractivity contribution in [2.24, 2.45) is 0 Å². The number of nitrogens with one attached hydrogen (secondary N) is 2. The van der Waals surface area contributed by atoms with Gasteiger partial charge in [0.05, 0.1) is 26.9 Å². The average molecular weight is 380 g/mol. The number of aliphatic hydroxyl groups is 1. The first-order valence-corrected chi connectivity index (χ1v) is 7.75. The second-order valence-corrected chi connectivity index (χ2v) is 5.51. The first kappa shape index (κ1) is 21.8. The zero-order valence-electron chi connectivity index (χ0n) is 14.7. The number of carbonyl (C=O) groups is 1. The van der Waals surface area contributed by atoms with E-state index in [2.05, 4.69) is 15.4 Å². The van der Waals surface area contributed by atoms with Crippen molar-refractivity contribution in [3.05, 3.63) is 23.8 Å². The molecule has 1 rings (SSSR count). The summed E-state index contributed by atoms with van der Waals surface area (Å²) in [6.07, 6.45) is -5.48. The molecule has 2 amide bonds. The van der Waals surface area contributed by atoms with Crippen molar-refractivity contribution in [3.8, 4) is 11.5 Å². The number of alkyl halides is 3. The van der Waals surface area contributed by atoms with Gasteiger partial charge in [0.25, 0.3) is 0 Å². The average Bonchev–Trinajstić information content (AvgIpc) is 2.57. The van der Waals surface area contributed by atoms with Gasteiger partial charge in [0, 0.05) is 12.1 Å². The van der Waals surface area contributed by atoms with Crippen molar-refractivity contribution in [3.63, 3.8) is 0 Å². The van der Waals surface area contributed by atoms with Crippen LogP contribution in [0.1, 0.15) is 18.6 Å². The van der Waals surface area contributed by atoms with Gasteiger partial charge in [-0.2, -0.15) is 13.2 Å². The van der Waals surface area contributed by atoms with Crippen LogP contribution in [0.2, 0.25) is 0 Å². The summed E-state index contributed by atoms with van der Waals surface area (Å²) in [6, 6.07) is 3.58. The zero-order chi connectivity index (χ0) is 19.7. The Hall–Kier alpha value is -2.20. The molecule has 0 aliphatic carbocycles. The SMILES string of the molecule is COc1ccc(OC)c(C(O)CNC(=O)NC(C)COCC(F)(F)F)c1. The lowest BCUT2D eigenvalue weighted by atomic mass is 10.1. The van der Waals surface area contributed by atoms with Crippen LogP contribution in [0.15, 0.2) is 18.2 Å². The summed E-state index contributed by atoms with van der Waals surface area (Å²) in [7, 11) is 2.92. The summed E-state index contributed by atoms with van der Waals surface area (Å²) < 4.78 is 50.7. The number of amides is 2. The quantitative estimate of drug-likeness (QED) is 0.610. The van der Waals surface area contributed by atoms with Crippen LogP contribution in [-0.4, -0.2) is 57.3 Å². The molecule has 10 heteroatoms. The second kappa shape index (κ2) is 10.1. The lowest BCUT2D eigenvalue weighted by Crippen LogP contribution is -2.44. The van der Waals surface area contributed by atoms with Crippen LogP contribution in [0.4, 0.5) is 18.0 Å². The summed E-state index contributed by atoms with van der Waals surface area (Å²) in [5.41, 5.74) is 0.425. The van der Waals surface area contributed by atoms with Gasteiger partial charge in [-0.3, -0.25) is 0 Å². The highest BCUT2D eigenvalue weighted by Gasteiger charge is 2.27. The number of rotatable bonds is 9. The molecule has 3 N–H and O–H groups in total. The molecule has 0 aromatic heterocycles. The molecular formula is C16H23F3N2O5. The van der Waals surface area contributed by atoms with E-state index in [1.54, 1.807) is 18.2 Å². The molecule has 1 aromatic carbocycles. The standard InChI is InChI=1S/C16H23F3N2O5/c1-10(8-26-9-16(17,18)19)21-15(23)20-7-13(22)12-6-11(24-2)4-5-14(12)25-3/h4-6,10,13,22H,7-9H2,1-3H3,(H2,20,21,23). The fourth-order valence-corrected chi connectivity index (χ4v) is 2.07. The Bertz CT molecular complexity index is 583. The van der Waals surface area contributed by atoms with E-state index in [0.29, 0.717) is 17.1 Å². The molecule has 2 unspecified atom stereocenters. The Kier molecular flexibility index (Phi) is 8.46. The Morgan fingerprint density at radius 3 is 2.54 bits per heavy atom. The third kappa shape index (κ3) is 7.79. The number of aliphatic hydroxyl groups excluding tert-OH is 1. The van der Waals surface area contributed by atoms with Gasteiger partial charge < -0.3 is 30.0 Å². The van der Waals surface area contributed by atoms with Crippen molar-refractivity contribution in [2.45, 2.75) is 25.2 Å². The minimum absolute atomic E-state index is 0.133. The van der Waals surface area contributed by atoms with Crippen LogP contribution in [-0.2, 0) is 4.74 Å². The van der Waals surface area contributed by atoms with Gasteiger partial charge >= 0.3 is 12.2 Å². The van der Waals surface area contributed by atoms with E-state index in [9.17, 15) is 23.1 Å². The normalized spacial score (nSPS) is 13.7. The molecule has 7 nitrogen and oxygen atoms in total. The monoisotopic (exact) mass is 380 g/mol. The van der Waals surface area contributed by atoms with Crippen LogP contribution >= 0.6 is 0 Å². The number of benzene rings is 1. The van der Waals surface area contributed by atoms with E-state index < -0.39 is 31.0 Å². The maximum absolute atomic E-state index is 12.0. The Labute approximate surface area is 149 Å². The van der Waals surface area contributed by atoms with Crippen LogP contribution < -0.4 is 20.1 Å². The molecule has 0 aliphatic heterocycles. The van der Waals surface area contributed by atoms with E-state index >= 15 is 0 Å². The molecule has 0 fully saturated rings. The molecule has 1 aromatic rings. The van der Waals surface area contributed by atoms with E-state index in [-0.39, 0.29) is 13.2 Å². The lowest BCUT2D eigenvalue weighted by molar-refractivity contribution is -0.174. The predicted molar refractivity (Wildman–Crippen MR) is 87.4 cm³/mol. The van der Waals surface area contributed by atoms with Crippen LogP contribution in [0.5, 0.6) is 11.5 Å². The molecular weight excluding hydrogens is 357 g/mol. The minimum Gasteiger partial charge on any atom is -0.497 e. The molecule has 0 radical (unpaired) electrons. The number of carbonyl (C=O) groups excluding carboxylic acids is 1. The second-order valence-electron chi connectivity index (χ2n) is 5.51. The molecule has 0 saturated heterocycles. The van der Waals surface area contributed by atoms with Gasteiger partial charge in [0.1, 0.15) is 24.2 Å².